The van der Waals surface area contributed by atoms with Gasteiger partial charge in [-0.15, -0.1) is 11.8 Å². The number of amides is 1. The minimum atomic E-state index is -0.250. The number of hydrogen-bond acceptors (Lipinski definition) is 4. The summed E-state index contributed by atoms with van der Waals surface area (Å²) in [5.74, 6) is 1.24. The van der Waals surface area contributed by atoms with Gasteiger partial charge in [0.2, 0.25) is 5.91 Å². The molecule has 0 heterocycles. The van der Waals surface area contributed by atoms with E-state index in [1.54, 1.807) is 31.0 Å². The Hall–Kier alpha value is -2.05. The SMILES string of the molecule is COc1ccc(C(CNC(=O)CCSc2ccc(F)cc2)N(C)C)cc1. The minimum Gasteiger partial charge on any atom is -0.497 e. The smallest absolute Gasteiger partial charge is 0.220 e. The van der Waals surface area contributed by atoms with Crippen molar-refractivity contribution < 1.29 is 13.9 Å². The highest BCUT2D eigenvalue weighted by molar-refractivity contribution is 7.99. The minimum absolute atomic E-state index is 0.0139. The van der Waals surface area contributed by atoms with Crippen molar-refractivity contribution in [2.75, 3.05) is 33.5 Å². The molecule has 0 saturated carbocycles. The zero-order valence-corrected chi connectivity index (χ0v) is 16.2. The Bertz CT molecular complexity index is 690. The Labute approximate surface area is 158 Å². The first-order chi connectivity index (χ1) is 12.5. The van der Waals surface area contributed by atoms with Gasteiger partial charge in [0, 0.05) is 23.6 Å². The largest absolute Gasteiger partial charge is 0.497 e. The standard InChI is InChI=1S/C20H25FN2O2S/c1-23(2)19(15-4-8-17(25-3)9-5-15)14-22-20(24)12-13-26-18-10-6-16(21)7-11-18/h4-11,19H,12-14H2,1-3H3,(H,22,24). The van der Waals surface area contributed by atoms with Gasteiger partial charge in [0.25, 0.3) is 0 Å². The molecule has 1 N–H and O–H groups in total. The lowest BCUT2D eigenvalue weighted by atomic mass is 10.1. The molecule has 1 atom stereocenters. The van der Waals surface area contributed by atoms with Crippen molar-refractivity contribution in [1.82, 2.24) is 10.2 Å². The zero-order chi connectivity index (χ0) is 18.9. The van der Waals surface area contributed by atoms with Crippen molar-refractivity contribution in [2.45, 2.75) is 17.4 Å². The van der Waals surface area contributed by atoms with Gasteiger partial charge < -0.3 is 15.0 Å². The second kappa shape index (κ2) is 10.2. The average Bonchev–Trinajstić information content (AvgIpc) is 2.64. The van der Waals surface area contributed by atoms with Crippen LogP contribution in [0.5, 0.6) is 5.75 Å². The molecule has 0 bridgehead atoms. The Morgan fingerprint density at radius 2 is 1.81 bits per heavy atom. The second-order valence-corrected chi connectivity index (χ2v) is 7.28. The Morgan fingerprint density at radius 3 is 2.38 bits per heavy atom. The molecule has 4 nitrogen and oxygen atoms in total. The summed E-state index contributed by atoms with van der Waals surface area (Å²) in [5, 5.41) is 3.00. The normalized spacial score (nSPS) is 12.0. The van der Waals surface area contributed by atoms with Crippen molar-refractivity contribution in [2.24, 2.45) is 0 Å². The van der Waals surface area contributed by atoms with Crippen LogP contribution in [0.25, 0.3) is 0 Å². The number of methoxy groups -OCH3 is 1. The van der Waals surface area contributed by atoms with E-state index >= 15 is 0 Å². The molecular weight excluding hydrogens is 351 g/mol. The molecule has 0 aliphatic heterocycles. The number of thioether (sulfide) groups is 1. The number of nitrogens with one attached hydrogen (secondary N) is 1. The van der Waals surface area contributed by atoms with E-state index in [9.17, 15) is 9.18 Å². The summed E-state index contributed by atoms with van der Waals surface area (Å²) in [7, 11) is 5.62. The first-order valence-electron chi connectivity index (χ1n) is 8.45. The molecule has 26 heavy (non-hydrogen) atoms. The number of hydrogen-bond donors (Lipinski definition) is 1. The zero-order valence-electron chi connectivity index (χ0n) is 15.4. The number of ether oxygens (including phenoxy) is 1. The molecule has 140 valence electrons. The maximum Gasteiger partial charge on any atom is 0.220 e. The summed E-state index contributed by atoms with van der Waals surface area (Å²) in [4.78, 5) is 15.2. The molecule has 0 aromatic heterocycles. The van der Waals surface area contributed by atoms with Gasteiger partial charge in [-0.3, -0.25) is 4.79 Å². The number of likely N-dealkylation sites (N-methyl/N-ethyl adjacent to an activating group) is 1. The van der Waals surface area contributed by atoms with Crippen LogP contribution in [0.15, 0.2) is 53.4 Å². The van der Waals surface area contributed by atoms with E-state index < -0.39 is 0 Å². The number of carbonyl (C=O) groups is 1. The predicted molar refractivity (Wildman–Crippen MR) is 104 cm³/mol. The highest BCUT2D eigenvalue weighted by Gasteiger charge is 2.15. The molecule has 0 fully saturated rings. The molecule has 0 aliphatic rings. The summed E-state index contributed by atoms with van der Waals surface area (Å²) in [6.07, 6.45) is 0.421. The van der Waals surface area contributed by atoms with E-state index in [2.05, 4.69) is 10.2 Å². The fraction of sp³-hybridized carbons (Fsp3) is 0.350. The van der Waals surface area contributed by atoms with E-state index in [0.29, 0.717) is 18.7 Å². The summed E-state index contributed by atoms with van der Waals surface area (Å²) < 4.78 is 18.1. The van der Waals surface area contributed by atoms with E-state index in [4.69, 9.17) is 4.74 Å². The Morgan fingerprint density at radius 1 is 1.15 bits per heavy atom. The van der Waals surface area contributed by atoms with Gasteiger partial charge in [-0.05, 0) is 56.1 Å². The Balaban J connectivity index is 1.80. The van der Waals surface area contributed by atoms with Gasteiger partial charge in [-0.1, -0.05) is 12.1 Å². The molecule has 0 spiro atoms. The number of nitrogens with zero attached hydrogens (tertiary/aromatic N) is 1. The third-order valence-corrected chi connectivity index (χ3v) is 5.04. The number of benzene rings is 2. The van der Waals surface area contributed by atoms with E-state index in [0.717, 1.165) is 16.2 Å². The van der Waals surface area contributed by atoms with Gasteiger partial charge >= 0.3 is 0 Å². The fourth-order valence-electron chi connectivity index (χ4n) is 2.52. The number of rotatable bonds is 9. The molecule has 6 heteroatoms. The summed E-state index contributed by atoms with van der Waals surface area (Å²) in [6, 6.07) is 14.3. The van der Waals surface area contributed by atoms with Crippen LogP contribution in [-0.4, -0.2) is 44.3 Å². The lowest BCUT2D eigenvalue weighted by Gasteiger charge is -2.25. The molecule has 1 unspecified atom stereocenters. The Kier molecular flexibility index (Phi) is 7.94. The van der Waals surface area contributed by atoms with Crippen LogP contribution in [0.2, 0.25) is 0 Å². The number of halogens is 1. The predicted octanol–water partition coefficient (Wildman–Crippen LogP) is 3.74. The lowest BCUT2D eigenvalue weighted by Crippen LogP contribution is -2.34. The van der Waals surface area contributed by atoms with Crippen molar-refractivity contribution in [1.29, 1.82) is 0 Å². The first kappa shape index (κ1) is 20.3. The van der Waals surface area contributed by atoms with Crippen LogP contribution in [0.1, 0.15) is 18.0 Å². The van der Waals surface area contributed by atoms with Crippen molar-refractivity contribution in [3.63, 3.8) is 0 Å². The van der Waals surface area contributed by atoms with Gasteiger partial charge in [0.05, 0.1) is 13.2 Å². The van der Waals surface area contributed by atoms with Crippen LogP contribution in [0.4, 0.5) is 4.39 Å². The monoisotopic (exact) mass is 376 g/mol. The molecular formula is C20H25FN2O2S. The molecule has 0 aliphatic carbocycles. The van der Waals surface area contributed by atoms with E-state index in [-0.39, 0.29) is 17.8 Å². The van der Waals surface area contributed by atoms with Crippen LogP contribution in [-0.2, 0) is 4.79 Å². The van der Waals surface area contributed by atoms with Crippen LogP contribution in [0, 0.1) is 5.82 Å². The van der Waals surface area contributed by atoms with Gasteiger partial charge in [0.15, 0.2) is 0 Å². The summed E-state index contributed by atoms with van der Waals surface area (Å²) >= 11 is 1.55. The van der Waals surface area contributed by atoms with Crippen molar-refractivity contribution in [3.8, 4) is 5.75 Å². The second-order valence-electron chi connectivity index (χ2n) is 6.11. The number of carbonyl (C=O) groups excluding carboxylic acids is 1. The molecule has 0 radical (unpaired) electrons. The highest BCUT2D eigenvalue weighted by atomic mass is 32.2. The molecule has 1 amide bonds. The average molecular weight is 376 g/mol. The third kappa shape index (κ3) is 6.35. The maximum atomic E-state index is 12.9. The molecule has 2 aromatic carbocycles. The lowest BCUT2D eigenvalue weighted by molar-refractivity contribution is -0.120. The maximum absolute atomic E-state index is 12.9. The third-order valence-electron chi connectivity index (χ3n) is 4.03. The van der Waals surface area contributed by atoms with Crippen LogP contribution < -0.4 is 10.1 Å². The molecule has 2 aromatic rings. The fourth-order valence-corrected chi connectivity index (χ4v) is 3.37. The van der Waals surface area contributed by atoms with Crippen molar-refractivity contribution in [3.05, 3.63) is 59.9 Å². The van der Waals surface area contributed by atoms with Crippen molar-refractivity contribution >= 4 is 17.7 Å². The first-order valence-corrected chi connectivity index (χ1v) is 9.43. The molecule has 2 rings (SSSR count). The van der Waals surface area contributed by atoms with E-state index in [1.165, 1.54) is 12.1 Å². The van der Waals surface area contributed by atoms with Gasteiger partial charge in [0.1, 0.15) is 11.6 Å². The van der Waals surface area contributed by atoms with Crippen LogP contribution in [0.3, 0.4) is 0 Å². The quantitative estimate of drug-likeness (QED) is 0.677. The van der Waals surface area contributed by atoms with E-state index in [1.807, 2.05) is 38.4 Å². The summed E-state index contributed by atoms with van der Waals surface area (Å²) in [6.45, 7) is 0.541. The topological polar surface area (TPSA) is 41.6 Å². The summed E-state index contributed by atoms with van der Waals surface area (Å²) in [5.41, 5.74) is 1.12. The van der Waals surface area contributed by atoms with Crippen LogP contribution >= 0.6 is 11.8 Å². The van der Waals surface area contributed by atoms with Gasteiger partial charge in [-0.2, -0.15) is 0 Å². The highest BCUT2D eigenvalue weighted by Crippen LogP contribution is 2.21. The van der Waals surface area contributed by atoms with Gasteiger partial charge in [-0.25, -0.2) is 4.39 Å². The molecule has 0 saturated heterocycles.